The standard InChI is InChI=1S/C8H12.C2H6/c1-4-7-8(5-2)6-3;1-2/h4-5,7H,1-2,6H2,3H3;1-2H3/b8-7-;. The third-order valence-corrected chi connectivity index (χ3v) is 1.00. The molecular weight excluding hydrogens is 120 g/mol. The summed E-state index contributed by atoms with van der Waals surface area (Å²) in [5.41, 5.74) is 1.24. The lowest BCUT2D eigenvalue weighted by molar-refractivity contribution is 1.15. The molecule has 0 fully saturated rings. The second-order valence-corrected chi connectivity index (χ2v) is 1.53. The average molecular weight is 138 g/mol. The fourth-order valence-corrected chi connectivity index (χ4v) is 0.482. The van der Waals surface area contributed by atoms with Gasteiger partial charge in [0.1, 0.15) is 0 Å². The summed E-state index contributed by atoms with van der Waals surface area (Å²) in [5, 5.41) is 0. The maximum absolute atomic E-state index is 3.63. The number of rotatable bonds is 3. The van der Waals surface area contributed by atoms with Gasteiger partial charge in [-0.05, 0) is 12.0 Å². The van der Waals surface area contributed by atoms with Gasteiger partial charge >= 0.3 is 0 Å². The maximum Gasteiger partial charge on any atom is -0.0308 e. The first kappa shape index (κ1) is 12.0. The quantitative estimate of drug-likeness (QED) is 0.521. The van der Waals surface area contributed by atoms with E-state index in [1.54, 1.807) is 6.08 Å². The molecule has 0 bridgehead atoms. The molecule has 0 aromatic carbocycles. The van der Waals surface area contributed by atoms with Crippen molar-refractivity contribution in [3.63, 3.8) is 0 Å². The second-order valence-electron chi connectivity index (χ2n) is 1.53. The van der Waals surface area contributed by atoms with Crippen LogP contribution in [0.3, 0.4) is 0 Å². The van der Waals surface area contributed by atoms with Crippen LogP contribution in [-0.4, -0.2) is 0 Å². The van der Waals surface area contributed by atoms with E-state index in [4.69, 9.17) is 0 Å². The van der Waals surface area contributed by atoms with Gasteiger partial charge in [-0.3, -0.25) is 0 Å². The highest BCUT2D eigenvalue weighted by molar-refractivity contribution is 5.20. The van der Waals surface area contributed by atoms with Gasteiger partial charge < -0.3 is 0 Å². The van der Waals surface area contributed by atoms with Crippen molar-refractivity contribution in [2.45, 2.75) is 27.2 Å². The van der Waals surface area contributed by atoms with Crippen LogP contribution in [0.4, 0.5) is 0 Å². The van der Waals surface area contributed by atoms with Crippen LogP contribution in [0.15, 0.2) is 37.0 Å². The number of hydrogen-bond donors (Lipinski definition) is 0. The first-order valence-corrected chi connectivity index (χ1v) is 3.79. The van der Waals surface area contributed by atoms with Crippen LogP contribution in [0.1, 0.15) is 27.2 Å². The zero-order valence-electron chi connectivity index (χ0n) is 7.35. The fourth-order valence-electron chi connectivity index (χ4n) is 0.482. The second kappa shape index (κ2) is 11.1. The van der Waals surface area contributed by atoms with Gasteiger partial charge in [-0.15, -0.1) is 0 Å². The molecule has 0 atom stereocenters. The van der Waals surface area contributed by atoms with Crippen molar-refractivity contribution >= 4 is 0 Å². The van der Waals surface area contributed by atoms with Crippen molar-refractivity contribution in [3.05, 3.63) is 37.0 Å². The maximum atomic E-state index is 3.63. The van der Waals surface area contributed by atoms with Crippen LogP contribution >= 0.6 is 0 Å². The topological polar surface area (TPSA) is 0 Å². The van der Waals surface area contributed by atoms with Crippen LogP contribution in [0, 0.1) is 0 Å². The molecule has 0 heterocycles. The summed E-state index contributed by atoms with van der Waals surface area (Å²) in [6.45, 7) is 13.3. The van der Waals surface area contributed by atoms with Gasteiger partial charge in [0.25, 0.3) is 0 Å². The van der Waals surface area contributed by atoms with Gasteiger partial charge in [-0.25, -0.2) is 0 Å². The van der Waals surface area contributed by atoms with E-state index in [1.807, 2.05) is 26.0 Å². The van der Waals surface area contributed by atoms with Gasteiger partial charge in [0.2, 0.25) is 0 Å². The first-order valence-electron chi connectivity index (χ1n) is 3.79. The molecule has 0 amide bonds. The van der Waals surface area contributed by atoms with E-state index in [9.17, 15) is 0 Å². The Hall–Kier alpha value is -0.780. The molecule has 0 unspecified atom stereocenters. The highest BCUT2D eigenvalue weighted by Crippen LogP contribution is 1.99. The lowest BCUT2D eigenvalue weighted by atomic mass is 10.2. The molecule has 0 aliphatic rings. The monoisotopic (exact) mass is 138 g/mol. The fraction of sp³-hybridized carbons (Fsp3) is 0.400. The van der Waals surface area contributed by atoms with Crippen LogP contribution < -0.4 is 0 Å². The largest absolute Gasteiger partial charge is 0.0991 e. The highest BCUT2D eigenvalue weighted by atomic mass is 13.8. The minimum Gasteiger partial charge on any atom is -0.0991 e. The lowest BCUT2D eigenvalue weighted by Gasteiger charge is -1.89. The molecule has 0 rings (SSSR count). The molecule has 0 nitrogen and oxygen atoms in total. The zero-order chi connectivity index (χ0) is 8.41. The van der Waals surface area contributed by atoms with Crippen molar-refractivity contribution in [1.82, 2.24) is 0 Å². The summed E-state index contributed by atoms with van der Waals surface area (Å²) < 4.78 is 0. The Morgan fingerprint density at radius 2 is 1.80 bits per heavy atom. The Morgan fingerprint density at radius 3 is 1.90 bits per heavy atom. The Kier molecular flexibility index (Phi) is 13.2. The molecule has 0 aliphatic carbocycles. The average Bonchev–Trinajstić information content (AvgIpc) is 2.04. The van der Waals surface area contributed by atoms with Crippen LogP contribution in [0.2, 0.25) is 0 Å². The van der Waals surface area contributed by atoms with E-state index in [-0.39, 0.29) is 0 Å². The van der Waals surface area contributed by atoms with E-state index in [0.29, 0.717) is 0 Å². The van der Waals surface area contributed by atoms with Gasteiger partial charge in [-0.2, -0.15) is 0 Å². The van der Waals surface area contributed by atoms with Gasteiger partial charge in [0, 0.05) is 0 Å². The summed E-state index contributed by atoms with van der Waals surface area (Å²) in [5.74, 6) is 0. The van der Waals surface area contributed by atoms with E-state index < -0.39 is 0 Å². The Morgan fingerprint density at radius 1 is 1.30 bits per heavy atom. The van der Waals surface area contributed by atoms with Crippen LogP contribution in [-0.2, 0) is 0 Å². The predicted molar refractivity (Wildman–Crippen MR) is 50.1 cm³/mol. The van der Waals surface area contributed by atoms with Crippen molar-refractivity contribution in [1.29, 1.82) is 0 Å². The SMILES string of the molecule is C=C/C=C(/C=C)CC.CC. The summed E-state index contributed by atoms with van der Waals surface area (Å²) in [6, 6.07) is 0. The van der Waals surface area contributed by atoms with Crippen molar-refractivity contribution in [2.24, 2.45) is 0 Å². The third kappa shape index (κ3) is 7.22. The Balaban J connectivity index is 0. The van der Waals surface area contributed by atoms with Gasteiger partial charge in [-0.1, -0.05) is 52.2 Å². The molecular formula is C10H18. The minimum atomic E-state index is 1.04. The predicted octanol–water partition coefficient (Wildman–Crippen LogP) is 3.72. The Labute approximate surface area is 65.0 Å². The smallest absolute Gasteiger partial charge is 0.0308 e. The normalized spacial score (nSPS) is 9.30. The summed E-state index contributed by atoms with van der Waals surface area (Å²) >= 11 is 0. The van der Waals surface area contributed by atoms with Crippen LogP contribution in [0.5, 0.6) is 0 Å². The number of hydrogen-bond acceptors (Lipinski definition) is 0. The molecule has 0 spiro atoms. The Bertz CT molecular complexity index is 107. The molecule has 0 aliphatic heterocycles. The highest BCUT2D eigenvalue weighted by Gasteiger charge is 1.79. The first-order chi connectivity index (χ1) is 4.85. The van der Waals surface area contributed by atoms with E-state index in [0.717, 1.165) is 6.42 Å². The van der Waals surface area contributed by atoms with Gasteiger partial charge in [0.05, 0.1) is 0 Å². The molecule has 10 heavy (non-hydrogen) atoms. The molecule has 0 aromatic rings. The molecule has 58 valence electrons. The molecule has 0 aromatic heterocycles. The third-order valence-electron chi connectivity index (χ3n) is 1.00. The molecule has 0 N–H and O–H groups in total. The van der Waals surface area contributed by atoms with E-state index >= 15 is 0 Å². The molecule has 0 saturated heterocycles. The summed E-state index contributed by atoms with van der Waals surface area (Å²) in [6.07, 6.45) is 6.63. The molecule has 0 radical (unpaired) electrons. The van der Waals surface area contributed by atoms with Crippen molar-refractivity contribution < 1.29 is 0 Å². The van der Waals surface area contributed by atoms with Crippen LogP contribution in [0.25, 0.3) is 0 Å². The van der Waals surface area contributed by atoms with Crippen molar-refractivity contribution in [2.75, 3.05) is 0 Å². The minimum absolute atomic E-state index is 1.04. The van der Waals surface area contributed by atoms with Gasteiger partial charge in [0.15, 0.2) is 0 Å². The molecule has 0 heteroatoms. The van der Waals surface area contributed by atoms with E-state index in [1.165, 1.54) is 5.57 Å². The lowest BCUT2D eigenvalue weighted by Crippen LogP contribution is -1.68. The summed E-state index contributed by atoms with van der Waals surface area (Å²) in [4.78, 5) is 0. The molecule has 0 saturated carbocycles. The van der Waals surface area contributed by atoms with Crippen molar-refractivity contribution in [3.8, 4) is 0 Å². The van der Waals surface area contributed by atoms with E-state index in [2.05, 4.69) is 20.1 Å². The summed E-state index contributed by atoms with van der Waals surface area (Å²) in [7, 11) is 0. The zero-order valence-corrected chi connectivity index (χ0v) is 7.35. The number of allylic oxidation sites excluding steroid dienone is 4.